The maximum absolute atomic E-state index is 11.9. The van der Waals surface area contributed by atoms with Crippen LogP contribution in [0.1, 0.15) is 23.7 Å². The molecule has 0 aliphatic heterocycles. The largest absolute Gasteiger partial charge is 0.480 e. The van der Waals surface area contributed by atoms with E-state index in [1.165, 1.54) is 0 Å². The number of allylic oxidation sites excluding steroid dienone is 1. The average molecular weight is 279 g/mol. The second kappa shape index (κ2) is 7.63. The molecule has 0 fully saturated rings. The van der Waals surface area contributed by atoms with E-state index in [4.69, 9.17) is 5.11 Å². The molecule has 1 unspecified atom stereocenters. The van der Waals surface area contributed by atoms with Crippen molar-refractivity contribution in [1.82, 2.24) is 5.32 Å². The summed E-state index contributed by atoms with van der Waals surface area (Å²) in [6.45, 7) is 1.81. The number of carboxylic acids is 1. The van der Waals surface area contributed by atoms with Gasteiger partial charge >= 0.3 is 5.97 Å². The highest BCUT2D eigenvalue weighted by molar-refractivity contribution is 7.98. The summed E-state index contributed by atoms with van der Waals surface area (Å²) in [7, 11) is 0. The van der Waals surface area contributed by atoms with Crippen LogP contribution in [0, 0.1) is 0 Å². The fraction of sp³-hybridized carbons (Fsp3) is 0.286. The number of rotatable bonds is 6. The minimum Gasteiger partial charge on any atom is -0.480 e. The standard InChI is InChI=1S/C14H17NO3S/c1-3-4-5-12(14(17)18)15-13(16)10-6-8-11(19-2)9-7-10/h3-4,6-9,12H,5H2,1-2H3,(H,15,16)(H,17,18)/b4-3+. The molecule has 0 saturated carbocycles. The first-order valence-corrected chi connectivity index (χ1v) is 7.09. The van der Waals surface area contributed by atoms with Gasteiger partial charge in [-0.1, -0.05) is 12.2 Å². The Morgan fingerprint density at radius 3 is 2.47 bits per heavy atom. The first kappa shape index (κ1) is 15.3. The fourth-order valence-corrected chi connectivity index (χ4v) is 1.89. The third-order valence-corrected chi connectivity index (χ3v) is 3.31. The van der Waals surface area contributed by atoms with E-state index in [-0.39, 0.29) is 12.3 Å². The van der Waals surface area contributed by atoms with Crippen LogP contribution in [0.2, 0.25) is 0 Å². The molecule has 0 aliphatic carbocycles. The van der Waals surface area contributed by atoms with Gasteiger partial charge in [0.2, 0.25) is 0 Å². The summed E-state index contributed by atoms with van der Waals surface area (Å²) in [5, 5.41) is 11.5. The van der Waals surface area contributed by atoms with Crippen molar-refractivity contribution in [2.24, 2.45) is 0 Å². The van der Waals surface area contributed by atoms with Gasteiger partial charge in [0.15, 0.2) is 0 Å². The van der Waals surface area contributed by atoms with E-state index in [0.717, 1.165) is 4.90 Å². The van der Waals surface area contributed by atoms with E-state index >= 15 is 0 Å². The lowest BCUT2D eigenvalue weighted by atomic mass is 10.1. The Hall–Kier alpha value is -1.75. The Balaban J connectivity index is 2.72. The molecule has 0 spiro atoms. The number of nitrogens with one attached hydrogen (secondary N) is 1. The van der Waals surface area contributed by atoms with E-state index < -0.39 is 12.0 Å². The first-order valence-electron chi connectivity index (χ1n) is 5.87. The molecule has 1 aromatic carbocycles. The SMILES string of the molecule is C/C=C/CC(NC(=O)c1ccc(SC)cc1)C(=O)O. The van der Waals surface area contributed by atoms with Crippen molar-refractivity contribution in [2.75, 3.05) is 6.26 Å². The van der Waals surface area contributed by atoms with Crippen molar-refractivity contribution < 1.29 is 14.7 Å². The van der Waals surface area contributed by atoms with Crippen molar-refractivity contribution in [3.63, 3.8) is 0 Å². The molecule has 0 heterocycles. The Bertz CT molecular complexity index is 468. The fourth-order valence-electron chi connectivity index (χ4n) is 1.48. The Kier molecular flexibility index (Phi) is 6.15. The first-order chi connectivity index (χ1) is 9.08. The molecular formula is C14H17NO3S. The van der Waals surface area contributed by atoms with Gasteiger partial charge in [-0.25, -0.2) is 4.79 Å². The Morgan fingerprint density at radius 2 is 2.00 bits per heavy atom. The maximum Gasteiger partial charge on any atom is 0.326 e. The molecule has 2 N–H and O–H groups in total. The molecule has 19 heavy (non-hydrogen) atoms. The van der Waals surface area contributed by atoms with Gasteiger partial charge in [-0.3, -0.25) is 4.79 Å². The highest BCUT2D eigenvalue weighted by Crippen LogP contribution is 2.14. The number of carboxylic acid groups (broad SMARTS) is 1. The summed E-state index contributed by atoms with van der Waals surface area (Å²) in [4.78, 5) is 24.0. The third-order valence-electron chi connectivity index (χ3n) is 2.56. The number of aliphatic carboxylic acids is 1. The van der Waals surface area contributed by atoms with Crippen LogP contribution < -0.4 is 5.32 Å². The molecular weight excluding hydrogens is 262 g/mol. The van der Waals surface area contributed by atoms with Gasteiger partial charge in [-0.15, -0.1) is 11.8 Å². The van der Waals surface area contributed by atoms with Crippen LogP contribution in [0.4, 0.5) is 0 Å². The number of hydrogen-bond donors (Lipinski definition) is 2. The molecule has 1 rings (SSSR count). The molecule has 1 amide bonds. The van der Waals surface area contributed by atoms with E-state index in [1.54, 1.807) is 36.0 Å². The minimum absolute atomic E-state index is 0.278. The summed E-state index contributed by atoms with van der Waals surface area (Å²) in [5.74, 6) is -1.41. The van der Waals surface area contributed by atoms with Gasteiger partial charge in [0.25, 0.3) is 5.91 Å². The lowest BCUT2D eigenvalue weighted by Gasteiger charge is -2.12. The van der Waals surface area contributed by atoms with Gasteiger partial charge in [-0.2, -0.15) is 0 Å². The highest BCUT2D eigenvalue weighted by atomic mass is 32.2. The van der Waals surface area contributed by atoms with Crippen LogP contribution in [0.15, 0.2) is 41.3 Å². The van der Waals surface area contributed by atoms with E-state index in [9.17, 15) is 9.59 Å². The highest BCUT2D eigenvalue weighted by Gasteiger charge is 2.19. The van der Waals surface area contributed by atoms with E-state index in [1.807, 2.05) is 25.3 Å². The zero-order valence-electron chi connectivity index (χ0n) is 10.9. The van der Waals surface area contributed by atoms with E-state index in [2.05, 4.69) is 5.32 Å². The molecule has 102 valence electrons. The van der Waals surface area contributed by atoms with Crippen LogP contribution in [0.25, 0.3) is 0 Å². The number of carbonyl (C=O) groups is 2. The topological polar surface area (TPSA) is 66.4 Å². The minimum atomic E-state index is -1.04. The van der Waals surface area contributed by atoms with Crippen LogP contribution >= 0.6 is 11.8 Å². The molecule has 0 bridgehead atoms. The van der Waals surface area contributed by atoms with Crippen LogP contribution in [-0.4, -0.2) is 29.3 Å². The molecule has 5 heteroatoms. The summed E-state index contributed by atoms with van der Waals surface area (Å²) in [6, 6.07) is 6.15. The van der Waals surface area contributed by atoms with Gasteiger partial charge in [0.05, 0.1) is 0 Å². The molecule has 0 aromatic heterocycles. The Labute approximate surface area is 116 Å². The van der Waals surface area contributed by atoms with Crippen molar-refractivity contribution in [3.8, 4) is 0 Å². The monoisotopic (exact) mass is 279 g/mol. The number of benzene rings is 1. The third kappa shape index (κ3) is 4.79. The molecule has 1 atom stereocenters. The molecule has 0 saturated heterocycles. The lowest BCUT2D eigenvalue weighted by Crippen LogP contribution is -2.40. The Morgan fingerprint density at radius 1 is 1.37 bits per heavy atom. The summed E-state index contributed by atoms with van der Waals surface area (Å²) < 4.78 is 0. The molecule has 4 nitrogen and oxygen atoms in total. The predicted octanol–water partition coefficient (Wildman–Crippen LogP) is 2.56. The van der Waals surface area contributed by atoms with Gasteiger partial charge in [-0.05, 0) is 43.9 Å². The second-order valence-corrected chi connectivity index (χ2v) is 4.78. The summed E-state index contributed by atoms with van der Waals surface area (Å²) >= 11 is 1.58. The zero-order chi connectivity index (χ0) is 14.3. The maximum atomic E-state index is 11.9. The van der Waals surface area contributed by atoms with Crippen molar-refractivity contribution in [2.45, 2.75) is 24.3 Å². The van der Waals surface area contributed by atoms with Crippen molar-refractivity contribution in [1.29, 1.82) is 0 Å². The smallest absolute Gasteiger partial charge is 0.326 e. The molecule has 0 aliphatic rings. The van der Waals surface area contributed by atoms with Crippen LogP contribution in [-0.2, 0) is 4.79 Å². The van der Waals surface area contributed by atoms with Crippen LogP contribution in [0.3, 0.4) is 0 Å². The number of thioether (sulfide) groups is 1. The lowest BCUT2D eigenvalue weighted by molar-refractivity contribution is -0.139. The zero-order valence-corrected chi connectivity index (χ0v) is 11.7. The normalized spacial score (nSPS) is 12.3. The molecule has 0 radical (unpaired) electrons. The number of hydrogen-bond acceptors (Lipinski definition) is 3. The predicted molar refractivity (Wildman–Crippen MR) is 76.5 cm³/mol. The van der Waals surface area contributed by atoms with Crippen molar-refractivity contribution in [3.05, 3.63) is 42.0 Å². The van der Waals surface area contributed by atoms with Gasteiger partial charge < -0.3 is 10.4 Å². The van der Waals surface area contributed by atoms with E-state index in [0.29, 0.717) is 5.56 Å². The number of carbonyl (C=O) groups excluding carboxylic acids is 1. The van der Waals surface area contributed by atoms with Crippen LogP contribution in [0.5, 0.6) is 0 Å². The number of amides is 1. The quantitative estimate of drug-likeness (QED) is 0.620. The summed E-state index contributed by atoms with van der Waals surface area (Å²) in [5.41, 5.74) is 0.463. The van der Waals surface area contributed by atoms with Gasteiger partial charge in [0.1, 0.15) is 6.04 Å². The second-order valence-electron chi connectivity index (χ2n) is 3.90. The summed E-state index contributed by atoms with van der Waals surface area (Å²) in [6.07, 6.45) is 5.71. The van der Waals surface area contributed by atoms with Gasteiger partial charge in [0, 0.05) is 10.5 Å². The van der Waals surface area contributed by atoms with Crippen molar-refractivity contribution >= 4 is 23.6 Å². The molecule has 1 aromatic rings. The average Bonchev–Trinajstić information content (AvgIpc) is 2.43.